The van der Waals surface area contributed by atoms with E-state index in [2.05, 4.69) is 5.32 Å². The lowest BCUT2D eigenvalue weighted by Gasteiger charge is -2.20. The molecule has 1 aliphatic rings. The van der Waals surface area contributed by atoms with Crippen LogP contribution in [0.3, 0.4) is 0 Å². The largest absolute Gasteiger partial charge is 0.495 e. The molecule has 1 saturated heterocycles. The van der Waals surface area contributed by atoms with Gasteiger partial charge in [-0.05, 0) is 18.6 Å². The Hall–Kier alpha value is -1.66. The molecule has 1 aliphatic heterocycles. The van der Waals surface area contributed by atoms with E-state index in [4.69, 9.17) is 9.47 Å². The molecule has 6 heteroatoms. The first-order chi connectivity index (χ1) is 10.1. The van der Waals surface area contributed by atoms with Crippen LogP contribution in [0.4, 0.5) is 10.1 Å². The van der Waals surface area contributed by atoms with Gasteiger partial charge in [-0.3, -0.25) is 9.69 Å². The Labute approximate surface area is 124 Å². The van der Waals surface area contributed by atoms with Crippen molar-refractivity contribution >= 4 is 11.6 Å². The van der Waals surface area contributed by atoms with Crippen LogP contribution in [0, 0.1) is 0 Å². The van der Waals surface area contributed by atoms with Crippen molar-refractivity contribution in [3.8, 4) is 5.75 Å². The molecule has 1 heterocycles. The molecule has 1 atom stereocenters. The van der Waals surface area contributed by atoms with Crippen LogP contribution in [0.2, 0.25) is 0 Å². The highest BCUT2D eigenvalue weighted by atomic mass is 19.1. The van der Waals surface area contributed by atoms with Gasteiger partial charge in [0.15, 0.2) is 0 Å². The molecule has 116 valence electrons. The summed E-state index contributed by atoms with van der Waals surface area (Å²) in [6.07, 6.45) is 0.392. The number of alkyl halides is 1. The first-order valence-electron chi connectivity index (χ1n) is 6.89. The number of nitrogens with one attached hydrogen (secondary N) is 1. The van der Waals surface area contributed by atoms with Gasteiger partial charge in [0.2, 0.25) is 5.91 Å². The smallest absolute Gasteiger partial charge is 0.238 e. The van der Waals surface area contributed by atoms with Gasteiger partial charge in [-0.25, -0.2) is 4.39 Å². The van der Waals surface area contributed by atoms with E-state index in [0.29, 0.717) is 24.4 Å². The number of likely N-dealkylation sites (tertiary alicyclic amines) is 1. The maximum Gasteiger partial charge on any atom is 0.238 e. The van der Waals surface area contributed by atoms with Gasteiger partial charge in [-0.15, -0.1) is 0 Å². The number of halogens is 1. The normalized spacial score (nSPS) is 22.2. The molecule has 1 unspecified atom stereocenters. The van der Waals surface area contributed by atoms with Crippen molar-refractivity contribution in [2.24, 2.45) is 0 Å². The number of rotatable bonds is 6. The van der Waals surface area contributed by atoms with Crippen molar-refractivity contribution < 1.29 is 18.7 Å². The monoisotopic (exact) mass is 296 g/mol. The first kappa shape index (κ1) is 15.7. The number of hydrogen-bond donors (Lipinski definition) is 1. The lowest BCUT2D eigenvalue weighted by atomic mass is 10.1. The molecule has 0 bridgehead atoms. The van der Waals surface area contributed by atoms with Crippen molar-refractivity contribution in [1.29, 1.82) is 0 Å². The predicted molar refractivity (Wildman–Crippen MR) is 78.4 cm³/mol. The van der Waals surface area contributed by atoms with E-state index in [0.717, 1.165) is 0 Å². The number of para-hydroxylation sites is 2. The van der Waals surface area contributed by atoms with Crippen molar-refractivity contribution in [2.75, 3.05) is 45.8 Å². The van der Waals surface area contributed by atoms with Crippen LogP contribution in [0.5, 0.6) is 5.75 Å². The van der Waals surface area contributed by atoms with Crippen LogP contribution < -0.4 is 10.1 Å². The van der Waals surface area contributed by atoms with Gasteiger partial charge in [-0.1, -0.05) is 12.1 Å². The molecular weight excluding hydrogens is 275 g/mol. The lowest BCUT2D eigenvalue weighted by Crippen LogP contribution is -2.36. The second kappa shape index (κ2) is 6.87. The van der Waals surface area contributed by atoms with Crippen molar-refractivity contribution in [3.63, 3.8) is 0 Å². The number of anilines is 1. The molecule has 0 radical (unpaired) electrons. The Balaban J connectivity index is 1.88. The topological polar surface area (TPSA) is 50.8 Å². The SMILES string of the molecule is COCC1(F)CCN(CC(=O)Nc2ccccc2OC)C1. The van der Waals surface area contributed by atoms with E-state index in [1.165, 1.54) is 7.11 Å². The Morgan fingerprint density at radius 1 is 1.43 bits per heavy atom. The average molecular weight is 296 g/mol. The average Bonchev–Trinajstić information content (AvgIpc) is 2.80. The summed E-state index contributed by atoms with van der Waals surface area (Å²) in [5, 5.41) is 2.79. The molecule has 0 saturated carbocycles. The highest BCUT2D eigenvalue weighted by molar-refractivity contribution is 5.93. The number of hydrogen-bond acceptors (Lipinski definition) is 4. The summed E-state index contributed by atoms with van der Waals surface area (Å²) in [5.41, 5.74) is -0.730. The second-order valence-electron chi connectivity index (χ2n) is 5.29. The van der Waals surface area contributed by atoms with Gasteiger partial charge in [0.1, 0.15) is 11.4 Å². The zero-order valence-corrected chi connectivity index (χ0v) is 12.4. The fraction of sp³-hybridized carbons (Fsp3) is 0.533. The van der Waals surface area contributed by atoms with Crippen LogP contribution in [-0.4, -0.2) is 56.9 Å². The highest BCUT2D eigenvalue weighted by Crippen LogP contribution is 2.26. The van der Waals surface area contributed by atoms with Gasteiger partial charge in [-0.2, -0.15) is 0 Å². The second-order valence-corrected chi connectivity index (χ2v) is 5.29. The molecule has 1 N–H and O–H groups in total. The maximum atomic E-state index is 14.2. The third-order valence-electron chi connectivity index (χ3n) is 3.53. The number of amides is 1. The van der Waals surface area contributed by atoms with Crippen LogP contribution in [-0.2, 0) is 9.53 Å². The number of methoxy groups -OCH3 is 2. The summed E-state index contributed by atoms with van der Waals surface area (Å²) in [7, 11) is 3.03. The van der Waals surface area contributed by atoms with Crippen molar-refractivity contribution in [3.05, 3.63) is 24.3 Å². The molecule has 5 nitrogen and oxygen atoms in total. The third-order valence-corrected chi connectivity index (χ3v) is 3.53. The van der Waals surface area contributed by atoms with Gasteiger partial charge < -0.3 is 14.8 Å². The van der Waals surface area contributed by atoms with Crippen LogP contribution in [0.15, 0.2) is 24.3 Å². The van der Waals surface area contributed by atoms with E-state index >= 15 is 0 Å². The van der Waals surface area contributed by atoms with Gasteiger partial charge in [0, 0.05) is 20.2 Å². The summed E-state index contributed by atoms with van der Waals surface area (Å²) in [6.45, 7) is 1.00. The zero-order valence-electron chi connectivity index (χ0n) is 12.4. The number of carbonyl (C=O) groups excluding carboxylic acids is 1. The zero-order chi connectivity index (χ0) is 15.3. The van der Waals surface area contributed by atoms with Crippen LogP contribution in [0.25, 0.3) is 0 Å². The van der Waals surface area contributed by atoms with Crippen LogP contribution in [0.1, 0.15) is 6.42 Å². The molecule has 0 spiro atoms. The minimum atomic E-state index is -1.35. The minimum absolute atomic E-state index is 0.0671. The third kappa shape index (κ3) is 4.15. The predicted octanol–water partition coefficient (Wildman–Crippen LogP) is 1.69. The standard InChI is InChI=1S/C15H21FN2O3/c1-20-11-15(16)7-8-18(10-15)9-14(19)17-12-5-3-4-6-13(12)21-2/h3-6H,7-11H2,1-2H3,(H,17,19). The molecule has 1 fully saturated rings. The quantitative estimate of drug-likeness (QED) is 0.868. The lowest BCUT2D eigenvalue weighted by molar-refractivity contribution is -0.117. The highest BCUT2D eigenvalue weighted by Gasteiger charge is 2.38. The van der Waals surface area contributed by atoms with Gasteiger partial charge in [0.25, 0.3) is 0 Å². The summed E-state index contributed by atoms with van der Waals surface area (Å²) < 4.78 is 24.3. The van der Waals surface area contributed by atoms with Crippen molar-refractivity contribution in [2.45, 2.75) is 12.1 Å². The molecular formula is C15H21FN2O3. The van der Waals surface area contributed by atoms with Gasteiger partial charge in [0.05, 0.1) is 25.9 Å². The summed E-state index contributed by atoms with van der Waals surface area (Å²) in [4.78, 5) is 13.8. The van der Waals surface area contributed by atoms with Crippen LogP contribution >= 0.6 is 0 Å². The van der Waals surface area contributed by atoms with E-state index in [1.807, 2.05) is 12.1 Å². The maximum absolute atomic E-state index is 14.2. The molecule has 0 aromatic heterocycles. The number of carbonyl (C=O) groups is 1. The number of nitrogens with zero attached hydrogens (tertiary/aromatic N) is 1. The molecule has 1 amide bonds. The molecule has 0 aliphatic carbocycles. The first-order valence-corrected chi connectivity index (χ1v) is 6.89. The fourth-order valence-electron chi connectivity index (χ4n) is 2.57. The van der Waals surface area contributed by atoms with E-state index in [-0.39, 0.29) is 25.6 Å². The molecule has 1 aromatic rings. The van der Waals surface area contributed by atoms with E-state index < -0.39 is 5.67 Å². The molecule has 21 heavy (non-hydrogen) atoms. The Morgan fingerprint density at radius 2 is 2.19 bits per heavy atom. The number of benzene rings is 1. The molecule has 1 aromatic carbocycles. The Bertz CT molecular complexity index is 498. The van der Waals surface area contributed by atoms with E-state index in [9.17, 15) is 9.18 Å². The Morgan fingerprint density at radius 3 is 2.90 bits per heavy atom. The Kier molecular flexibility index (Phi) is 5.14. The summed E-state index contributed by atoms with van der Waals surface area (Å²) >= 11 is 0. The summed E-state index contributed by atoms with van der Waals surface area (Å²) in [6, 6.07) is 7.19. The minimum Gasteiger partial charge on any atom is -0.495 e. The number of ether oxygens (including phenoxy) is 2. The van der Waals surface area contributed by atoms with E-state index in [1.54, 1.807) is 24.1 Å². The summed E-state index contributed by atoms with van der Waals surface area (Å²) in [5.74, 6) is 0.424. The fourth-order valence-corrected chi connectivity index (χ4v) is 2.57. The molecule has 2 rings (SSSR count). The van der Waals surface area contributed by atoms with Crippen molar-refractivity contribution in [1.82, 2.24) is 4.90 Å². The van der Waals surface area contributed by atoms with Gasteiger partial charge >= 0.3 is 0 Å².